The molecule has 0 aromatic rings. The molecule has 0 heterocycles. The summed E-state index contributed by atoms with van der Waals surface area (Å²) in [7, 11) is 0. The maximum absolute atomic E-state index is 12.5. The van der Waals surface area contributed by atoms with Crippen molar-refractivity contribution in [3.05, 3.63) is 24.3 Å². The van der Waals surface area contributed by atoms with E-state index in [0.29, 0.717) is 25.9 Å². The second kappa shape index (κ2) is 60.9. The molecular formula is C65H125NO5. The quantitative estimate of drug-likeness (QED) is 0.0320. The third-order valence-electron chi connectivity index (χ3n) is 15.0. The number of hydrogen-bond acceptors (Lipinski definition) is 5. The van der Waals surface area contributed by atoms with Crippen molar-refractivity contribution < 1.29 is 24.5 Å². The molecule has 2 atom stereocenters. The molecule has 3 N–H and O–H groups in total. The molecule has 0 fully saturated rings. The highest BCUT2D eigenvalue weighted by molar-refractivity contribution is 5.76. The van der Waals surface area contributed by atoms with E-state index in [9.17, 15) is 19.8 Å². The lowest BCUT2D eigenvalue weighted by Crippen LogP contribution is -2.45. The zero-order valence-electron chi connectivity index (χ0n) is 48.0. The normalized spacial score (nSPS) is 12.7. The molecule has 0 radical (unpaired) electrons. The van der Waals surface area contributed by atoms with Crippen LogP contribution in [0.5, 0.6) is 0 Å². The SMILES string of the molecule is CCCC/C=C\C/C=C\CCCCCCCC(=O)OCCCCCCCCCCCCCCCCCC(=O)NC(CO)C(O)CCCCCCCCCCCCCCCCCCCCCCCCCCC. The Hall–Kier alpha value is -1.66. The molecule has 0 aliphatic rings. The minimum absolute atomic E-state index is 0.0129. The molecule has 420 valence electrons. The summed E-state index contributed by atoms with van der Waals surface area (Å²) in [6, 6.07) is -0.550. The van der Waals surface area contributed by atoms with Gasteiger partial charge in [-0.3, -0.25) is 9.59 Å². The number of carbonyl (C=O) groups excluding carboxylic acids is 2. The van der Waals surface area contributed by atoms with Crippen LogP contribution in [0.1, 0.15) is 354 Å². The summed E-state index contributed by atoms with van der Waals surface area (Å²) < 4.78 is 5.47. The summed E-state index contributed by atoms with van der Waals surface area (Å²) in [6.45, 7) is 4.92. The van der Waals surface area contributed by atoms with Crippen LogP contribution in [0.2, 0.25) is 0 Å². The lowest BCUT2D eigenvalue weighted by molar-refractivity contribution is -0.143. The zero-order valence-corrected chi connectivity index (χ0v) is 48.0. The molecule has 0 aromatic heterocycles. The molecule has 6 heteroatoms. The van der Waals surface area contributed by atoms with E-state index in [-0.39, 0.29) is 18.5 Å². The monoisotopic (exact) mass is 1000 g/mol. The number of esters is 1. The molecule has 0 spiro atoms. The molecule has 1 amide bonds. The van der Waals surface area contributed by atoms with E-state index in [0.717, 1.165) is 57.8 Å². The van der Waals surface area contributed by atoms with Gasteiger partial charge in [0.05, 0.1) is 25.4 Å². The van der Waals surface area contributed by atoms with Gasteiger partial charge in [-0.15, -0.1) is 0 Å². The van der Waals surface area contributed by atoms with Gasteiger partial charge in [-0.1, -0.05) is 314 Å². The lowest BCUT2D eigenvalue weighted by atomic mass is 10.0. The van der Waals surface area contributed by atoms with Crippen molar-refractivity contribution in [2.24, 2.45) is 0 Å². The molecule has 0 saturated heterocycles. The van der Waals surface area contributed by atoms with Gasteiger partial charge in [0, 0.05) is 12.8 Å². The first-order valence-electron chi connectivity index (χ1n) is 32.1. The number of aliphatic hydroxyl groups is 2. The lowest BCUT2D eigenvalue weighted by Gasteiger charge is -2.22. The minimum Gasteiger partial charge on any atom is -0.466 e. The third kappa shape index (κ3) is 57.5. The Kier molecular flexibility index (Phi) is 59.5. The first-order valence-corrected chi connectivity index (χ1v) is 32.1. The number of amides is 1. The number of carbonyl (C=O) groups is 2. The van der Waals surface area contributed by atoms with Crippen LogP contribution in [0.3, 0.4) is 0 Å². The Morgan fingerprint density at radius 1 is 0.394 bits per heavy atom. The van der Waals surface area contributed by atoms with E-state index >= 15 is 0 Å². The Morgan fingerprint density at radius 2 is 0.718 bits per heavy atom. The van der Waals surface area contributed by atoms with Crippen molar-refractivity contribution in [2.75, 3.05) is 13.2 Å². The predicted molar refractivity (Wildman–Crippen MR) is 310 cm³/mol. The van der Waals surface area contributed by atoms with Crippen LogP contribution in [0.25, 0.3) is 0 Å². The minimum atomic E-state index is -0.672. The number of nitrogens with one attached hydrogen (secondary N) is 1. The average molecular weight is 1000 g/mol. The Morgan fingerprint density at radius 3 is 1.11 bits per heavy atom. The van der Waals surface area contributed by atoms with Gasteiger partial charge in [-0.25, -0.2) is 0 Å². The standard InChI is InChI=1S/C65H125NO5/c1-3-5-7-9-11-13-15-17-19-20-21-22-23-24-25-26-27-28-30-33-37-41-45-49-53-57-63(68)62(61-67)66-64(69)58-54-50-46-42-38-34-31-29-32-36-40-44-48-52-56-60-71-65(70)59-55-51-47-43-39-35-18-16-14-12-10-8-6-4-2/h10,12,16,18,62-63,67-68H,3-9,11,13-15,17,19-61H2,1-2H3,(H,66,69)/b12-10-,18-16-. The maximum atomic E-state index is 12.5. The van der Waals surface area contributed by atoms with Crippen LogP contribution in [0.4, 0.5) is 0 Å². The van der Waals surface area contributed by atoms with E-state index in [4.69, 9.17) is 4.74 Å². The van der Waals surface area contributed by atoms with Crippen LogP contribution < -0.4 is 5.32 Å². The van der Waals surface area contributed by atoms with Crippen molar-refractivity contribution in [3.63, 3.8) is 0 Å². The molecule has 0 aliphatic heterocycles. The van der Waals surface area contributed by atoms with Gasteiger partial charge in [0.15, 0.2) is 0 Å². The van der Waals surface area contributed by atoms with Crippen LogP contribution in [-0.4, -0.2) is 47.4 Å². The van der Waals surface area contributed by atoms with Gasteiger partial charge in [-0.05, 0) is 51.4 Å². The fraction of sp³-hybridized carbons (Fsp3) is 0.908. The van der Waals surface area contributed by atoms with E-state index < -0.39 is 12.1 Å². The highest BCUT2D eigenvalue weighted by Gasteiger charge is 2.20. The Bertz CT molecular complexity index is 1110. The van der Waals surface area contributed by atoms with Gasteiger partial charge >= 0.3 is 5.97 Å². The van der Waals surface area contributed by atoms with Gasteiger partial charge in [0.2, 0.25) is 5.91 Å². The first-order chi connectivity index (χ1) is 35.0. The fourth-order valence-electron chi connectivity index (χ4n) is 10.1. The Labute approximate surface area is 443 Å². The number of unbranched alkanes of at least 4 members (excludes halogenated alkanes) is 45. The number of allylic oxidation sites excluding steroid dienone is 4. The number of hydrogen-bond donors (Lipinski definition) is 3. The number of ether oxygens (including phenoxy) is 1. The van der Waals surface area contributed by atoms with Crippen LogP contribution in [0, 0.1) is 0 Å². The largest absolute Gasteiger partial charge is 0.466 e. The number of rotatable bonds is 60. The molecule has 0 rings (SSSR count). The molecule has 0 aliphatic carbocycles. The van der Waals surface area contributed by atoms with Crippen LogP contribution in [0.15, 0.2) is 24.3 Å². The smallest absolute Gasteiger partial charge is 0.305 e. The van der Waals surface area contributed by atoms with Crippen molar-refractivity contribution >= 4 is 11.9 Å². The van der Waals surface area contributed by atoms with Gasteiger partial charge < -0.3 is 20.3 Å². The van der Waals surface area contributed by atoms with Gasteiger partial charge in [-0.2, -0.15) is 0 Å². The van der Waals surface area contributed by atoms with Crippen molar-refractivity contribution in [3.8, 4) is 0 Å². The van der Waals surface area contributed by atoms with Crippen LogP contribution >= 0.6 is 0 Å². The summed E-state index contributed by atoms with van der Waals surface area (Å²) in [5.41, 5.74) is 0. The third-order valence-corrected chi connectivity index (χ3v) is 15.0. The van der Waals surface area contributed by atoms with Crippen molar-refractivity contribution in [1.82, 2.24) is 5.32 Å². The van der Waals surface area contributed by atoms with Crippen molar-refractivity contribution in [2.45, 2.75) is 366 Å². The fourth-order valence-corrected chi connectivity index (χ4v) is 10.1. The second-order valence-electron chi connectivity index (χ2n) is 22.1. The topological polar surface area (TPSA) is 95.9 Å². The molecule has 0 bridgehead atoms. The highest BCUT2D eigenvalue weighted by atomic mass is 16.5. The van der Waals surface area contributed by atoms with E-state index in [1.807, 2.05) is 0 Å². The molecule has 0 saturated carbocycles. The van der Waals surface area contributed by atoms with Crippen LogP contribution in [-0.2, 0) is 14.3 Å². The summed E-state index contributed by atoms with van der Waals surface area (Å²) in [5.74, 6) is -0.0530. The average Bonchev–Trinajstić information content (AvgIpc) is 3.37. The van der Waals surface area contributed by atoms with E-state index in [1.54, 1.807) is 0 Å². The molecule has 2 unspecified atom stereocenters. The zero-order chi connectivity index (χ0) is 51.4. The van der Waals surface area contributed by atoms with Gasteiger partial charge in [0.1, 0.15) is 0 Å². The first kappa shape index (κ1) is 69.3. The summed E-state index contributed by atoms with van der Waals surface area (Å²) in [6.07, 6.45) is 74.7. The summed E-state index contributed by atoms with van der Waals surface area (Å²) in [4.78, 5) is 24.6. The molecule has 0 aromatic carbocycles. The maximum Gasteiger partial charge on any atom is 0.305 e. The predicted octanol–water partition coefficient (Wildman–Crippen LogP) is 20.2. The molecule has 6 nitrogen and oxygen atoms in total. The highest BCUT2D eigenvalue weighted by Crippen LogP contribution is 2.18. The Balaban J connectivity index is 3.43. The molecular weight excluding hydrogens is 875 g/mol. The number of aliphatic hydroxyl groups excluding tert-OH is 2. The van der Waals surface area contributed by atoms with E-state index in [1.165, 1.54) is 263 Å². The summed E-state index contributed by atoms with van der Waals surface area (Å²) >= 11 is 0. The van der Waals surface area contributed by atoms with E-state index in [2.05, 4.69) is 43.5 Å². The van der Waals surface area contributed by atoms with Gasteiger partial charge in [0.25, 0.3) is 0 Å². The van der Waals surface area contributed by atoms with Crippen molar-refractivity contribution in [1.29, 1.82) is 0 Å². The second-order valence-corrected chi connectivity index (χ2v) is 22.1. The molecule has 71 heavy (non-hydrogen) atoms. The summed E-state index contributed by atoms with van der Waals surface area (Å²) in [5, 5.41) is 23.4.